The van der Waals surface area contributed by atoms with Crippen molar-refractivity contribution < 1.29 is 10.0 Å². The molecule has 0 aliphatic heterocycles. The van der Waals surface area contributed by atoms with Gasteiger partial charge >= 0.3 is 0 Å². The number of nitrogens with zero attached hydrogens (tertiary/aromatic N) is 1. The van der Waals surface area contributed by atoms with E-state index in [4.69, 9.17) is 5.21 Å². The van der Waals surface area contributed by atoms with Crippen LogP contribution in [0, 0.1) is 0 Å². The molecule has 2 aromatic rings. The normalized spacial score (nSPS) is 11.2. The Morgan fingerprint density at radius 1 is 1.15 bits per heavy atom. The molecule has 2 aromatic carbocycles. The van der Waals surface area contributed by atoms with Gasteiger partial charge in [-0.2, -0.15) is 0 Å². The van der Waals surface area contributed by atoms with Crippen LogP contribution in [0.2, 0.25) is 0 Å². The maximum atomic E-state index is 12.1. The molecular formula is C15H13BrN2O2. The lowest BCUT2D eigenvalue weighted by Gasteiger charge is -2.07. The van der Waals surface area contributed by atoms with Gasteiger partial charge in [0.15, 0.2) is 0 Å². The Morgan fingerprint density at radius 2 is 1.80 bits per heavy atom. The number of anilines is 1. The molecule has 0 bridgehead atoms. The summed E-state index contributed by atoms with van der Waals surface area (Å²) in [5.41, 5.74) is 2.57. The van der Waals surface area contributed by atoms with Gasteiger partial charge in [0.25, 0.3) is 5.91 Å². The molecule has 0 aliphatic carbocycles. The Bertz CT molecular complexity index is 651. The molecule has 0 heterocycles. The highest BCUT2D eigenvalue weighted by Gasteiger charge is 2.09. The summed E-state index contributed by atoms with van der Waals surface area (Å²) >= 11 is 3.35. The van der Waals surface area contributed by atoms with E-state index in [1.54, 1.807) is 37.3 Å². The summed E-state index contributed by atoms with van der Waals surface area (Å²) < 4.78 is 0.748. The minimum atomic E-state index is -0.183. The molecule has 0 aromatic heterocycles. The van der Waals surface area contributed by atoms with Crippen LogP contribution in [-0.4, -0.2) is 16.8 Å². The van der Waals surface area contributed by atoms with Gasteiger partial charge in [-0.15, -0.1) is 0 Å². The first-order valence-corrected chi connectivity index (χ1v) is 6.76. The van der Waals surface area contributed by atoms with Crippen molar-refractivity contribution in [2.45, 2.75) is 6.92 Å². The first kappa shape index (κ1) is 14.3. The van der Waals surface area contributed by atoms with Crippen LogP contribution in [-0.2, 0) is 0 Å². The number of hydrogen-bond donors (Lipinski definition) is 2. The lowest BCUT2D eigenvalue weighted by molar-refractivity contribution is 0.102. The van der Waals surface area contributed by atoms with Crippen LogP contribution >= 0.6 is 15.9 Å². The van der Waals surface area contributed by atoms with E-state index in [0.29, 0.717) is 17.0 Å². The Kier molecular flexibility index (Phi) is 4.53. The number of rotatable bonds is 3. The topological polar surface area (TPSA) is 61.7 Å². The molecule has 0 aliphatic rings. The van der Waals surface area contributed by atoms with Gasteiger partial charge in [0.2, 0.25) is 0 Å². The molecule has 0 saturated heterocycles. The fraction of sp³-hybridized carbons (Fsp3) is 0.0667. The minimum Gasteiger partial charge on any atom is -0.411 e. The van der Waals surface area contributed by atoms with Gasteiger partial charge in [-0.05, 0) is 52.7 Å². The number of carbonyl (C=O) groups excluding carboxylic acids is 1. The Labute approximate surface area is 125 Å². The summed E-state index contributed by atoms with van der Waals surface area (Å²) in [6.45, 7) is 1.70. The fourth-order valence-corrected chi connectivity index (χ4v) is 2.16. The molecule has 20 heavy (non-hydrogen) atoms. The van der Waals surface area contributed by atoms with Gasteiger partial charge in [0, 0.05) is 10.2 Å². The van der Waals surface area contributed by atoms with Gasteiger partial charge in [0.05, 0.1) is 11.3 Å². The van der Waals surface area contributed by atoms with Crippen molar-refractivity contribution in [1.82, 2.24) is 0 Å². The molecule has 0 atom stereocenters. The van der Waals surface area contributed by atoms with Gasteiger partial charge in [-0.1, -0.05) is 29.4 Å². The van der Waals surface area contributed by atoms with E-state index in [9.17, 15) is 4.79 Å². The summed E-state index contributed by atoms with van der Waals surface area (Å²) in [7, 11) is 0. The van der Waals surface area contributed by atoms with Gasteiger partial charge in [-0.25, -0.2) is 0 Å². The number of hydrogen-bond acceptors (Lipinski definition) is 3. The second-order valence-corrected chi connectivity index (χ2v) is 5.05. The molecule has 5 heteroatoms. The zero-order valence-electron chi connectivity index (χ0n) is 10.8. The van der Waals surface area contributed by atoms with Crippen LogP contribution < -0.4 is 5.32 Å². The largest absolute Gasteiger partial charge is 0.411 e. The van der Waals surface area contributed by atoms with Crippen LogP contribution in [0.1, 0.15) is 22.8 Å². The maximum Gasteiger partial charge on any atom is 0.256 e. The summed E-state index contributed by atoms with van der Waals surface area (Å²) in [5, 5.41) is 14.6. The summed E-state index contributed by atoms with van der Waals surface area (Å²) in [4.78, 5) is 12.1. The van der Waals surface area contributed by atoms with Crippen molar-refractivity contribution in [3.63, 3.8) is 0 Å². The molecule has 2 N–H and O–H groups in total. The van der Waals surface area contributed by atoms with Crippen LogP contribution in [0.15, 0.2) is 58.2 Å². The number of nitrogens with one attached hydrogen (secondary N) is 1. The third-order valence-electron chi connectivity index (χ3n) is 2.83. The van der Waals surface area contributed by atoms with Gasteiger partial charge in [-0.3, -0.25) is 4.79 Å². The highest BCUT2D eigenvalue weighted by atomic mass is 79.9. The van der Waals surface area contributed by atoms with E-state index >= 15 is 0 Å². The van der Waals surface area contributed by atoms with E-state index in [1.807, 2.05) is 18.2 Å². The predicted molar refractivity (Wildman–Crippen MR) is 82.5 cm³/mol. The molecule has 102 valence electrons. The minimum absolute atomic E-state index is 0.183. The molecule has 0 fully saturated rings. The number of carbonyl (C=O) groups is 1. The molecule has 0 saturated carbocycles. The third kappa shape index (κ3) is 3.24. The van der Waals surface area contributed by atoms with Crippen LogP contribution in [0.3, 0.4) is 0 Å². The molecule has 1 amide bonds. The average Bonchev–Trinajstić information content (AvgIpc) is 2.47. The second kappa shape index (κ2) is 6.34. The summed E-state index contributed by atoms with van der Waals surface area (Å²) in [6, 6.07) is 14.3. The summed E-state index contributed by atoms with van der Waals surface area (Å²) in [6.07, 6.45) is 0. The quantitative estimate of drug-likeness (QED) is 0.508. The predicted octanol–water partition coefficient (Wildman–Crippen LogP) is 3.90. The monoisotopic (exact) mass is 332 g/mol. The molecular weight excluding hydrogens is 320 g/mol. The number of amides is 1. The lowest BCUT2D eigenvalue weighted by atomic mass is 10.1. The molecule has 2 rings (SSSR count). The molecule has 0 spiro atoms. The first-order valence-electron chi connectivity index (χ1n) is 5.97. The fourth-order valence-electron chi connectivity index (χ4n) is 1.70. The van der Waals surface area contributed by atoms with E-state index in [0.717, 1.165) is 10.0 Å². The van der Waals surface area contributed by atoms with Crippen LogP contribution in [0.25, 0.3) is 0 Å². The van der Waals surface area contributed by atoms with Crippen LogP contribution in [0.5, 0.6) is 0 Å². The number of benzene rings is 2. The third-order valence-corrected chi connectivity index (χ3v) is 3.52. The van der Waals surface area contributed by atoms with Crippen molar-refractivity contribution in [3.8, 4) is 0 Å². The molecule has 0 radical (unpaired) electrons. The SMILES string of the molecule is C/C(=N\O)c1ccc(NC(=O)c2ccccc2Br)cc1. The highest BCUT2D eigenvalue weighted by Crippen LogP contribution is 2.18. The highest BCUT2D eigenvalue weighted by molar-refractivity contribution is 9.10. The van der Waals surface area contributed by atoms with Crippen molar-refractivity contribution in [2.75, 3.05) is 5.32 Å². The Morgan fingerprint density at radius 3 is 2.40 bits per heavy atom. The zero-order chi connectivity index (χ0) is 14.5. The Balaban J connectivity index is 2.15. The first-order chi connectivity index (χ1) is 9.61. The maximum absolute atomic E-state index is 12.1. The van der Waals surface area contributed by atoms with E-state index < -0.39 is 0 Å². The number of halogens is 1. The second-order valence-electron chi connectivity index (χ2n) is 4.20. The van der Waals surface area contributed by atoms with E-state index in [-0.39, 0.29) is 5.91 Å². The van der Waals surface area contributed by atoms with Crippen molar-refractivity contribution >= 4 is 33.2 Å². The lowest BCUT2D eigenvalue weighted by Crippen LogP contribution is -2.12. The Hall–Kier alpha value is -2.14. The van der Waals surface area contributed by atoms with Crippen molar-refractivity contribution in [1.29, 1.82) is 0 Å². The smallest absolute Gasteiger partial charge is 0.256 e. The van der Waals surface area contributed by atoms with Crippen LogP contribution in [0.4, 0.5) is 5.69 Å². The van der Waals surface area contributed by atoms with Gasteiger partial charge in [0.1, 0.15) is 0 Å². The van der Waals surface area contributed by atoms with E-state index in [1.165, 1.54) is 0 Å². The standard InChI is InChI=1S/C15H13BrN2O2/c1-10(18-20)11-6-8-12(9-7-11)17-15(19)13-4-2-3-5-14(13)16/h2-9,20H,1H3,(H,17,19)/b18-10+. The molecule has 4 nitrogen and oxygen atoms in total. The number of oxime groups is 1. The van der Waals surface area contributed by atoms with Gasteiger partial charge < -0.3 is 10.5 Å². The van der Waals surface area contributed by atoms with Crippen molar-refractivity contribution in [3.05, 3.63) is 64.1 Å². The zero-order valence-corrected chi connectivity index (χ0v) is 12.4. The van der Waals surface area contributed by atoms with Crippen molar-refractivity contribution in [2.24, 2.45) is 5.16 Å². The van der Waals surface area contributed by atoms with E-state index in [2.05, 4.69) is 26.4 Å². The average molecular weight is 333 g/mol. The summed E-state index contributed by atoms with van der Waals surface area (Å²) in [5.74, 6) is -0.183. The molecule has 0 unspecified atom stereocenters.